The first-order valence-electron chi connectivity index (χ1n) is 8.67. The fraction of sp³-hybridized carbons (Fsp3) is 0.941. The molecule has 2 rings (SSSR count). The zero-order valence-corrected chi connectivity index (χ0v) is 14.6. The Labute approximate surface area is 135 Å². The second-order valence-electron chi connectivity index (χ2n) is 7.39. The Hall–Kier alpha value is -0.190. The summed E-state index contributed by atoms with van der Waals surface area (Å²) in [5.41, 5.74) is 5.90. The predicted molar refractivity (Wildman–Crippen MR) is 92.6 cm³/mol. The van der Waals surface area contributed by atoms with E-state index < -0.39 is 0 Å². The quantitative estimate of drug-likeness (QED) is 0.730. The smallest absolute Gasteiger partial charge is 0.0740 e. The van der Waals surface area contributed by atoms with Gasteiger partial charge in [-0.15, -0.1) is 0 Å². The van der Waals surface area contributed by atoms with Gasteiger partial charge in [0.2, 0.25) is 0 Å². The van der Waals surface area contributed by atoms with Crippen LogP contribution >= 0.6 is 12.2 Å². The standard InChI is InChI=1S/C17H32N2OS/c1-14(2)12-19(11-7-16(18)21)13-15-6-10-17(20-15)8-4-3-5-9-17/h14-15H,3-13H2,1-2H3,(H2,18,21). The van der Waals surface area contributed by atoms with Crippen LogP contribution in [0, 0.1) is 5.92 Å². The van der Waals surface area contributed by atoms with Crippen LogP contribution in [0.4, 0.5) is 0 Å². The van der Waals surface area contributed by atoms with Gasteiger partial charge in [-0.3, -0.25) is 0 Å². The van der Waals surface area contributed by atoms with Crippen LogP contribution in [0.15, 0.2) is 0 Å². The van der Waals surface area contributed by atoms with Crippen molar-refractivity contribution >= 4 is 17.2 Å². The molecule has 1 atom stereocenters. The van der Waals surface area contributed by atoms with Gasteiger partial charge >= 0.3 is 0 Å². The highest BCUT2D eigenvalue weighted by molar-refractivity contribution is 7.80. The number of thiocarbonyl (C=S) groups is 1. The van der Waals surface area contributed by atoms with Crippen LogP contribution in [-0.2, 0) is 4.74 Å². The van der Waals surface area contributed by atoms with E-state index in [2.05, 4.69) is 18.7 Å². The molecule has 2 fully saturated rings. The van der Waals surface area contributed by atoms with Gasteiger partial charge in [-0.25, -0.2) is 0 Å². The molecule has 4 heteroatoms. The number of rotatable bonds is 7. The molecule has 2 N–H and O–H groups in total. The van der Waals surface area contributed by atoms with Gasteiger partial charge in [-0.1, -0.05) is 45.3 Å². The average Bonchev–Trinajstić information content (AvgIpc) is 2.79. The van der Waals surface area contributed by atoms with Crippen LogP contribution in [0.1, 0.15) is 65.2 Å². The molecule has 1 unspecified atom stereocenters. The molecule has 21 heavy (non-hydrogen) atoms. The van der Waals surface area contributed by atoms with E-state index in [1.54, 1.807) is 0 Å². The number of ether oxygens (including phenoxy) is 1. The largest absolute Gasteiger partial charge is 0.393 e. The summed E-state index contributed by atoms with van der Waals surface area (Å²) in [6.45, 7) is 7.66. The molecule has 1 heterocycles. The molecule has 0 aromatic heterocycles. The Kier molecular flexibility index (Phi) is 6.45. The topological polar surface area (TPSA) is 38.5 Å². The normalized spacial score (nSPS) is 25.0. The predicted octanol–water partition coefficient (Wildman–Crippen LogP) is 3.50. The lowest BCUT2D eigenvalue weighted by Gasteiger charge is -2.34. The lowest BCUT2D eigenvalue weighted by atomic mass is 9.83. The van der Waals surface area contributed by atoms with Crippen LogP contribution in [0.25, 0.3) is 0 Å². The highest BCUT2D eigenvalue weighted by atomic mass is 32.1. The first kappa shape index (κ1) is 17.2. The molecular formula is C17H32N2OS. The SMILES string of the molecule is CC(C)CN(CCC(N)=S)CC1CCC2(CCCCC2)O1. The number of hydrogen-bond donors (Lipinski definition) is 1. The van der Waals surface area contributed by atoms with Crippen LogP contribution in [-0.4, -0.2) is 41.2 Å². The third-order valence-electron chi connectivity index (χ3n) is 4.86. The highest BCUT2D eigenvalue weighted by Gasteiger charge is 2.41. The van der Waals surface area contributed by atoms with Crippen molar-refractivity contribution in [3.63, 3.8) is 0 Å². The molecule has 1 aliphatic heterocycles. The van der Waals surface area contributed by atoms with E-state index in [4.69, 9.17) is 22.7 Å². The van der Waals surface area contributed by atoms with Crippen molar-refractivity contribution in [2.45, 2.75) is 76.9 Å². The van der Waals surface area contributed by atoms with Crippen molar-refractivity contribution in [3.8, 4) is 0 Å². The van der Waals surface area contributed by atoms with Gasteiger partial charge in [0.05, 0.1) is 16.7 Å². The second-order valence-corrected chi connectivity index (χ2v) is 7.92. The molecule has 1 saturated heterocycles. The van der Waals surface area contributed by atoms with Crippen LogP contribution in [0.5, 0.6) is 0 Å². The summed E-state index contributed by atoms with van der Waals surface area (Å²) < 4.78 is 6.50. The third kappa shape index (κ3) is 5.50. The highest BCUT2D eigenvalue weighted by Crippen LogP contribution is 2.42. The minimum absolute atomic E-state index is 0.232. The molecule has 0 bridgehead atoms. The molecule has 1 saturated carbocycles. The van der Waals surface area contributed by atoms with Crippen molar-refractivity contribution in [2.24, 2.45) is 11.7 Å². The molecule has 2 aliphatic rings. The van der Waals surface area contributed by atoms with E-state index in [9.17, 15) is 0 Å². The summed E-state index contributed by atoms with van der Waals surface area (Å²) in [6.07, 6.45) is 10.4. The van der Waals surface area contributed by atoms with E-state index >= 15 is 0 Å². The lowest BCUT2D eigenvalue weighted by Crippen LogP contribution is -2.39. The minimum Gasteiger partial charge on any atom is -0.393 e. The first-order chi connectivity index (χ1) is 9.99. The van der Waals surface area contributed by atoms with Crippen molar-refractivity contribution in [1.29, 1.82) is 0 Å². The summed E-state index contributed by atoms with van der Waals surface area (Å²) >= 11 is 5.03. The molecule has 3 nitrogen and oxygen atoms in total. The summed E-state index contributed by atoms with van der Waals surface area (Å²) in [6, 6.07) is 0. The number of nitrogens with zero attached hydrogens (tertiary/aromatic N) is 1. The van der Waals surface area contributed by atoms with Gasteiger partial charge in [-0.05, 0) is 31.6 Å². The zero-order chi connectivity index (χ0) is 15.3. The maximum atomic E-state index is 6.50. The second kappa shape index (κ2) is 7.89. The average molecular weight is 313 g/mol. The third-order valence-corrected chi connectivity index (χ3v) is 5.07. The number of nitrogens with two attached hydrogens (primary N) is 1. The van der Waals surface area contributed by atoms with Gasteiger partial charge in [0.15, 0.2) is 0 Å². The Morgan fingerprint density at radius 3 is 2.62 bits per heavy atom. The van der Waals surface area contributed by atoms with Crippen molar-refractivity contribution in [3.05, 3.63) is 0 Å². The van der Waals surface area contributed by atoms with Gasteiger partial charge in [0, 0.05) is 26.1 Å². The maximum Gasteiger partial charge on any atom is 0.0740 e. The van der Waals surface area contributed by atoms with E-state index in [1.165, 1.54) is 44.9 Å². The number of hydrogen-bond acceptors (Lipinski definition) is 3. The van der Waals surface area contributed by atoms with Crippen LogP contribution in [0.3, 0.4) is 0 Å². The fourth-order valence-corrected chi connectivity index (χ4v) is 4.01. The van der Waals surface area contributed by atoms with Gasteiger partial charge in [0.1, 0.15) is 0 Å². The van der Waals surface area contributed by atoms with Crippen molar-refractivity contribution in [1.82, 2.24) is 4.90 Å². The van der Waals surface area contributed by atoms with Crippen molar-refractivity contribution < 1.29 is 4.74 Å². The molecule has 0 aromatic rings. The summed E-state index contributed by atoms with van der Waals surface area (Å²) in [7, 11) is 0. The van der Waals surface area contributed by atoms with E-state index in [0.29, 0.717) is 17.0 Å². The van der Waals surface area contributed by atoms with Crippen LogP contribution < -0.4 is 5.73 Å². The molecule has 0 radical (unpaired) electrons. The molecule has 1 spiro atoms. The molecule has 122 valence electrons. The van der Waals surface area contributed by atoms with Gasteiger partial charge in [-0.2, -0.15) is 0 Å². The van der Waals surface area contributed by atoms with Gasteiger partial charge < -0.3 is 15.4 Å². The fourth-order valence-electron chi connectivity index (χ4n) is 3.92. The van der Waals surface area contributed by atoms with E-state index in [-0.39, 0.29) is 5.60 Å². The molecule has 1 aliphatic carbocycles. The Balaban J connectivity index is 1.83. The Morgan fingerprint density at radius 1 is 1.29 bits per heavy atom. The van der Waals surface area contributed by atoms with Crippen molar-refractivity contribution in [2.75, 3.05) is 19.6 Å². The Morgan fingerprint density at radius 2 is 2.00 bits per heavy atom. The molecular weight excluding hydrogens is 280 g/mol. The van der Waals surface area contributed by atoms with E-state index in [1.807, 2.05) is 0 Å². The van der Waals surface area contributed by atoms with Crippen LogP contribution in [0.2, 0.25) is 0 Å². The summed E-state index contributed by atoms with van der Waals surface area (Å²) in [5, 5.41) is 0. The van der Waals surface area contributed by atoms with E-state index in [0.717, 1.165) is 26.1 Å². The van der Waals surface area contributed by atoms with Gasteiger partial charge in [0.25, 0.3) is 0 Å². The summed E-state index contributed by atoms with van der Waals surface area (Å²) in [5.74, 6) is 0.668. The Bertz CT molecular complexity index is 340. The lowest BCUT2D eigenvalue weighted by molar-refractivity contribution is -0.0722. The summed E-state index contributed by atoms with van der Waals surface area (Å²) in [4.78, 5) is 3.12. The molecule has 0 amide bonds. The minimum atomic E-state index is 0.232. The molecule has 0 aromatic carbocycles. The monoisotopic (exact) mass is 312 g/mol. The first-order valence-corrected chi connectivity index (χ1v) is 9.08. The zero-order valence-electron chi connectivity index (χ0n) is 13.8. The maximum absolute atomic E-state index is 6.50.